The van der Waals surface area contributed by atoms with Gasteiger partial charge in [0.05, 0.1) is 5.71 Å². The number of aromatic nitrogens is 4. The van der Waals surface area contributed by atoms with Gasteiger partial charge in [-0.05, 0) is 29.8 Å². The van der Waals surface area contributed by atoms with E-state index in [1.165, 1.54) is 4.80 Å². The Hall–Kier alpha value is -2.87. The molecule has 0 fully saturated rings. The third-order valence-corrected chi connectivity index (χ3v) is 3.85. The van der Waals surface area contributed by atoms with Crippen LogP contribution in [0.5, 0.6) is 0 Å². The van der Waals surface area contributed by atoms with Crippen LogP contribution in [0.2, 0.25) is 0 Å². The number of nitrogens with one attached hydrogen (secondary N) is 1. The van der Waals surface area contributed by atoms with Crippen molar-refractivity contribution in [2.45, 2.75) is 13.5 Å². The molecule has 25 heavy (non-hydrogen) atoms. The number of hydrazone groups is 1. The maximum atomic E-state index is 12.0. The minimum absolute atomic E-state index is 0.0604. The summed E-state index contributed by atoms with van der Waals surface area (Å²) in [6.45, 7) is 1.76. The van der Waals surface area contributed by atoms with Crippen molar-refractivity contribution < 1.29 is 4.79 Å². The van der Waals surface area contributed by atoms with E-state index in [1.54, 1.807) is 0 Å². The van der Waals surface area contributed by atoms with Gasteiger partial charge >= 0.3 is 0 Å². The van der Waals surface area contributed by atoms with Crippen LogP contribution >= 0.6 is 15.9 Å². The van der Waals surface area contributed by atoms with Gasteiger partial charge in [-0.2, -0.15) is 9.90 Å². The third-order valence-electron chi connectivity index (χ3n) is 3.36. The summed E-state index contributed by atoms with van der Waals surface area (Å²) in [7, 11) is 0. The molecule has 0 unspecified atom stereocenters. The molecule has 0 aliphatic carbocycles. The summed E-state index contributed by atoms with van der Waals surface area (Å²) in [5.41, 5.74) is 4.96. The average Bonchev–Trinajstić information content (AvgIpc) is 3.09. The Morgan fingerprint density at radius 2 is 2.00 bits per heavy atom. The van der Waals surface area contributed by atoms with Gasteiger partial charge in [0.2, 0.25) is 5.82 Å². The number of benzene rings is 2. The first kappa shape index (κ1) is 17.0. The van der Waals surface area contributed by atoms with E-state index in [9.17, 15) is 4.79 Å². The third kappa shape index (κ3) is 4.57. The van der Waals surface area contributed by atoms with Crippen LogP contribution in [0.25, 0.3) is 11.4 Å². The highest BCUT2D eigenvalue weighted by atomic mass is 79.9. The second-order valence-corrected chi connectivity index (χ2v) is 6.17. The van der Waals surface area contributed by atoms with Gasteiger partial charge < -0.3 is 0 Å². The molecule has 126 valence electrons. The van der Waals surface area contributed by atoms with Crippen LogP contribution in [0.4, 0.5) is 0 Å². The Morgan fingerprint density at radius 1 is 1.20 bits per heavy atom. The molecular weight excluding hydrogens is 384 g/mol. The summed E-state index contributed by atoms with van der Waals surface area (Å²) >= 11 is 3.41. The Morgan fingerprint density at radius 3 is 2.76 bits per heavy atom. The largest absolute Gasteiger partial charge is 0.271 e. The topological polar surface area (TPSA) is 85.1 Å². The second kappa shape index (κ2) is 7.80. The van der Waals surface area contributed by atoms with Crippen molar-refractivity contribution in [1.29, 1.82) is 0 Å². The quantitative estimate of drug-likeness (QED) is 0.528. The molecule has 1 N–H and O–H groups in total. The Balaban J connectivity index is 1.61. The van der Waals surface area contributed by atoms with Crippen LogP contribution in [0.3, 0.4) is 0 Å². The summed E-state index contributed by atoms with van der Waals surface area (Å²) in [6.07, 6.45) is 0. The van der Waals surface area contributed by atoms with Gasteiger partial charge in [-0.15, -0.1) is 10.2 Å². The molecule has 8 heteroatoms. The van der Waals surface area contributed by atoms with E-state index in [2.05, 4.69) is 41.9 Å². The Bertz CT molecular complexity index is 906. The van der Waals surface area contributed by atoms with Crippen molar-refractivity contribution in [3.05, 3.63) is 64.6 Å². The highest BCUT2D eigenvalue weighted by Gasteiger charge is 2.09. The molecule has 0 aliphatic heterocycles. The van der Waals surface area contributed by atoms with Gasteiger partial charge in [0.15, 0.2) is 0 Å². The summed E-state index contributed by atoms with van der Waals surface area (Å²) in [4.78, 5) is 13.2. The molecule has 0 saturated heterocycles. The smallest absolute Gasteiger partial charge is 0.263 e. The van der Waals surface area contributed by atoms with Crippen LogP contribution in [-0.4, -0.2) is 31.8 Å². The lowest BCUT2D eigenvalue weighted by Gasteiger charge is -2.03. The molecule has 1 heterocycles. The molecule has 1 amide bonds. The lowest BCUT2D eigenvalue weighted by Crippen LogP contribution is -2.25. The van der Waals surface area contributed by atoms with E-state index in [0.29, 0.717) is 11.5 Å². The summed E-state index contributed by atoms with van der Waals surface area (Å²) in [6, 6.07) is 17.1. The number of amides is 1. The number of carbonyl (C=O) groups excluding carboxylic acids is 1. The standard InChI is InChI=1S/C17H15BrN6O/c1-12(14-8-5-9-15(18)10-14)19-20-16(25)11-24-22-17(21-23-24)13-6-3-2-4-7-13/h2-10H,11H2,1H3,(H,20,25)/b19-12-. The minimum Gasteiger partial charge on any atom is -0.271 e. The predicted molar refractivity (Wildman–Crippen MR) is 97.7 cm³/mol. The maximum absolute atomic E-state index is 12.0. The lowest BCUT2D eigenvalue weighted by atomic mass is 10.1. The monoisotopic (exact) mass is 398 g/mol. The predicted octanol–water partition coefficient (Wildman–Crippen LogP) is 2.64. The Kier molecular flexibility index (Phi) is 5.30. The van der Waals surface area contributed by atoms with E-state index in [0.717, 1.165) is 15.6 Å². The zero-order chi connectivity index (χ0) is 17.6. The fraction of sp³-hybridized carbons (Fsp3) is 0.118. The number of tetrazole rings is 1. The van der Waals surface area contributed by atoms with Crippen molar-refractivity contribution in [2.24, 2.45) is 5.10 Å². The number of carbonyl (C=O) groups is 1. The minimum atomic E-state index is -0.327. The molecule has 0 radical (unpaired) electrons. The van der Waals surface area contributed by atoms with Gasteiger partial charge in [0.25, 0.3) is 5.91 Å². The first-order valence-electron chi connectivity index (χ1n) is 7.54. The van der Waals surface area contributed by atoms with Gasteiger partial charge in [-0.1, -0.05) is 58.4 Å². The molecule has 0 spiro atoms. The van der Waals surface area contributed by atoms with Crippen molar-refractivity contribution in [3.8, 4) is 11.4 Å². The van der Waals surface area contributed by atoms with Gasteiger partial charge in [-0.25, -0.2) is 5.43 Å². The van der Waals surface area contributed by atoms with Crippen molar-refractivity contribution in [2.75, 3.05) is 0 Å². The summed E-state index contributed by atoms with van der Waals surface area (Å²) in [5.74, 6) is 0.147. The van der Waals surface area contributed by atoms with E-state index < -0.39 is 0 Å². The van der Waals surface area contributed by atoms with Crippen LogP contribution in [0, 0.1) is 0 Å². The number of rotatable bonds is 5. The highest BCUT2D eigenvalue weighted by molar-refractivity contribution is 9.10. The normalized spacial score (nSPS) is 11.4. The lowest BCUT2D eigenvalue weighted by molar-refractivity contribution is -0.122. The van der Waals surface area contributed by atoms with Gasteiger partial charge in [0, 0.05) is 10.0 Å². The molecule has 0 bridgehead atoms. The number of hydrogen-bond donors (Lipinski definition) is 1. The fourth-order valence-electron chi connectivity index (χ4n) is 2.10. The molecule has 1 aromatic heterocycles. The van der Waals surface area contributed by atoms with Crippen molar-refractivity contribution in [3.63, 3.8) is 0 Å². The zero-order valence-corrected chi connectivity index (χ0v) is 15.0. The van der Waals surface area contributed by atoms with Crippen LogP contribution in [0.1, 0.15) is 12.5 Å². The van der Waals surface area contributed by atoms with E-state index in [4.69, 9.17) is 0 Å². The van der Waals surface area contributed by atoms with Crippen molar-refractivity contribution in [1.82, 2.24) is 25.6 Å². The molecule has 0 atom stereocenters. The average molecular weight is 399 g/mol. The van der Waals surface area contributed by atoms with Crippen LogP contribution < -0.4 is 5.43 Å². The second-order valence-electron chi connectivity index (χ2n) is 5.25. The van der Waals surface area contributed by atoms with Crippen LogP contribution in [-0.2, 0) is 11.3 Å². The van der Waals surface area contributed by atoms with Gasteiger partial charge in [-0.3, -0.25) is 4.79 Å². The maximum Gasteiger partial charge on any atom is 0.263 e. The number of hydrogen-bond acceptors (Lipinski definition) is 5. The van der Waals surface area contributed by atoms with Crippen LogP contribution in [0.15, 0.2) is 64.2 Å². The highest BCUT2D eigenvalue weighted by Crippen LogP contribution is 2.12. The van der Waals surface area contributed by atoms with Crippen molar-refractivity contribution >= 4 is 27.5 Å². The van der Waals surface area contributed by atoms with Gasteiger partial charge in [0.1, 0.15) is 6.54 Å². The molecule has 0 aliphatic rings. The Labute approximate surface area is 152 Å². The fourth-order valence-corrected chi connectivity index (χ4v) is 2.50. The molecule has 3 rings (SSSR count). The molecular formula is C17H15BrN6O. The number of nitrogens with zero attached hydrogens (tertiary/aromatic N) is 5. The van der Waals surface area contributed by atoms with E-state index >= 15 is 0 Å². The molecule has 0 saturated carbocycles. The molecule has 3 aromatic rings. The molecule has 7 nitrogen and oxygen atoms in total. The van der Waals surface area contributed by atoms with E-state index in [1.807, 2.05) is 61.5 Å². The number of halogens is 1. The van der Waals surface area contributed by atoms with E-state index in [-0.39, 0.29) is 12.5 Å². The first-order chi connectivity index (χ1) is 12.1. The summed E-state index contributed by atoms with van der Waals surface area (Å²) < 4.78 is 0.950. The zero-order valence-electron chi connectivity index (χ0n) is 13.4. The first-order valence-corrected chi connectivity index (χ1v) is 8.33. The summed E-state index contributed by atoms with van der Waals surface area (Å²) in [5, 5.41) is 16.1. The molecule has 2 aromatic carbocycles. The SMILES string of the molecule is C/C(=N/NC(=O)Cn1nnc(-c2ccccc2)n1)c1cccc(Br)c1.